The number of aliphatic hydroxyl groups is 1. The number of benzene rings is 1. The second-order valence-corrected chi connectivity index (χ2v) is 3.85. The summed E-state index contributed by atoms with van der Waals surface area (Å²) in [6, 6.07) is 4.04. The molecule has 0 aromatic heterocycles. The SMILES string of the molecule is COCCN(CCO)C(=O)c1ccc(OC)cc1F. The summed E-state index contributed by atoms with van der Waals surface area (Å²) in [5.74, 6) is -0.782. The molecule has 5 nitrogen and oxygen atoms in total. The van der Waals surface area contributed by atoms with Crippen molar-refractivity contribution in [3.63, 3.8) is 0 Å². The third-order valence-corrected chi connectivity index (χ3v) is 2.63. The minimum atomic E-state index is -0.648. The van der Waals surface area contributed by atoms with Gasteiger partial charge in [0.15, 0.2) is 0 Å². The van der Waals surface area contributed by atoms with Crippen LogP contribution in [-0.4, -0.2) is 56.4 Å². The Balaban J connectivity index is 2.89. The van der Waals surface area contributed by atoms with Crippen LogP contribution in [0, 0.1) is 5.82 Å². The van der Waals surface area contributed by atoms with Crippen molar-refractivity contribution in [2.45, 2.75) is 0 Å². The van der Waals surface area contributed by atoms with Gasteiger partial charge in [-0.2, -0.15) is 0 Å². The Hall–Kier alpha value is -1.66. The predicted octanol–water partition coefficient (Wildman–Crippen LogP) is 0.915. The fourth-order valence-corrected chi connectivity index (χ4v) is 1.60. The van der Waals surface area contributed by atoms with Crippen LogP contribution in [0.3, 0.4) is 0 Å². The highest BCUT2D eigenvalue weighted by atomic mass is 19.1. The van der Waals surface area contributed by atoms with E-state index in [-0.39, 0.29) is 18.7 Å². The van der Waals surface area contributed by atoms with Crippen molar-refractivity contribution < 1.29 is 23.8 Å². The Kier molecular flexibility index (Phi) is 6.24. The molecule has 0 atom stereocenters. The van der Waals surface area contributed by atoms with E-state index in [0.29, 0.717) is 18.9 Å². The maximum atomic E-state index is 13.8. The van der Waals surface area contributed by atoms with Gasteiger partial charge in [0.2, 0.25) is 0 Å². The molecule has 6 heteroatoms. The average molecular weight is 271 g/mol. The van der Waals surface area contributed by atoms with Crippen LogP contribution in [0.25, 0.3) is 0 Å². The summed E-state index contributed by atoms with van der Waals surface area (Å²) in [4.78, 5) is 13.5. The quantitative estimate of drug-likeness (QED) is 0.801. The summed E-state index contributed by atoms with van der Waals surface area (Å²) in [6.45, 7) is 0.561. The van der Waals surface area contributed by atoms with E-state index in [1.54, 1.807) is 0 Å². The van der Waals surface area contributed by atoms with E-state index < -0.39 is 11.7 Å². The highest BCUT2D eigenvalue weighted by Gasteiger charge is 2.19. The van der Waals surface area contributed by atoms with E-state index in [1.807, 2.05) is 0 Å². The standard InChI is InChI=1S/C13H18FNO4/c1-18-8-6-15(5-7-16)13(17)11-4-3-10(19-2)9-12(11)14/h3-4,9,16H,5-8H2,1-2H3. The molecule has 0 aliphatic heterocycles. The van der Waals surface area contributed by atoms with E-state index >= 15 is 0 Å². The first-order valence-corrected chi connectivity index (χ1v) is 5.86. The van der Waals surface area contributed by atoms with Gasteiger partial charge in [-0.1, -0.05) is 0 Å². The number of hydrogen-bond acceptors (Lipinski definition) is 4. The number of carbonyl (C=O) groups is 1. The summed E-state index contributed by atoms with van der Waals surface area (Å²) < 4.78 is 23.5. The lowest BCUT2D eigenvalue weighted by atomic mass is 10.1. The lowest BCUT2D eigenvalue weighted by Gasteiger charge is -2.21. The van der Waals surface area contributed by atoms with Crippen molar-refractivity contribution in [3.05, 3.63) is 29.6 Å². The first-order valence-electron chi connectivity index (χ1n) is 5.86. The van der Waals surface area contributed by atoms with E-state index in [0.717, 1.165) is 6.07 Å². The zero-order valence-electron chi connectivity index (χ0n) is 11.1. The molecule has 1 rings (SSSR count). The minimum Gasteiger partial charge on any atom is -0.497 e. The molecule has 0 unspecified atom stereocenters. The maximum Gasteiger partial charge on any atom is 0.256 e. The maximum absolute atomic E-state index is 13.8. The van der Waals surface area contributed by atoms with Crippen LogP contribution in [0.2, 0.25) is 0 Å². The summed E-state index contributed by atoms with van der Waals surface area (Å²) in [5.41, 5.74) is -0.0506. The number of nitrogens with zero attached hydrogens (tertiary/aromatic N) is 1. The number of halogens is 1. The largest absolute Gasteiger partial charge is 0.497 e. The third kappa shape index (κ3) is 4.18. The van der Waals surface area contributed by atoms with Crippen LogP contribution >= 0.6 is 0 Å². The van der Waals surface area contributed by atoms with Crippen molar-refractivity contribution >= 4 is 5.91 Å². The Morgan fingerprint density at radius 1 is 1.37 bits per heavy atom. The van der Waals surface area contributed by atoms with Gasteiger partial charge in [0.05, 0.1) is 25.9 Å². The Labute approximate surface area is 111 Å². The molecule has 0 saturated carbocycles. The fourth-order valence-electron chi connectivity index (χ4n) is 1.60. The molecule has 0 radical (unpaired) electrons. The van der Waals surface area contributed by atoms with Gasteiger partial charge in [0.25, 0.3) is 5.91 Å². The predicted molar refractivity (Wildman–Crippen MR) is 67.8 cm³/mol. The number of carbonyl (C=O) groups excluding carboxylic acids is 1. The molecule has 0 aliphatic rings. The van der Waals surface area contributed by atoms with Gasteiger partial charge in [0, 0.05) is 26.3 Å². The van der Waals surface area contributed by atoms with Gasteiger partial charge >= 0.3 is 0 Å². The van der Waals surface area contributed by atoms with E-state index in [2.05, 4.69) is 0 Å². The fraction of sp³-hybridized carbons (Fsp3) is 0.462. The molecule has 0 fully saturated rings. The molecule has 19 heavy (non-hydrogen) atoms. The van der Waals surface area contributed by atoms with Crippen LogP contribution in [0.5, 0.6) is 5.75 Å². The van der Waals surface area contributed by atoms with Gasteiger partial charge in [-0.3, -0.25) is 4.79 Å². The zero-order valence-corrected chi connectivity index (χ0v) is 11.1. The van der Waals surface area contributed by atoms with Gasteiger partial charge in [-0.25, -0.2) is 4.39 Å². The summed E-state index contributed by atoms with van der Waals surface area (Å²) in [6.07, 6.45) is 0. The smallest absolute Gasteiger partial charge is 0.256 e. The van der Waals surface area contributed by atoms with Crippen molar-refractivity contribution in [1.29, 1.82) is 0 Å². The summed E-state index contributed by atoms with van der Waals surface area (Å²) in [7, 11) is 2.93. The molecule has 1 N–H and O–H groups in total. The molecule has 0 aliphatic carbocycles. The minimum absolute atomic E-state index is 0.0506. The Morgan fingerprint density at radius 3 is 2.63 bits per heavy atom. The third-order valence-electron chi connectivity index (χ3n) is 2.63. The lowest BCUT2D eigenvalue weighted by molar-refractivity contribution is 0.0652. The van der Waals surface area contributed by atoms with Gasteiger partial charge in [-0.05, 0) is 12.1 Å². The number of rotatable bonds is 7. The van der Waals surface area contributed by atoms with Crippen molar-refractivity contribution in [3.8, 4) is 5.75 Å². The molecule has 1 aromatic carbocycles. The monoisotopic (exact) mass is 271 g/mol. The lowest BCUT2D eigenvalue weighted by Crippen LogP contribution is -2.36. The number of methoxy groups -OCH3 is 2. The van der Waals surface area contributed by atoms with E-state index in [9.17, 15) is 9.18 Å². The number of hydrogen-bond donors (Lipinski definition) is 1. The van der Waals surface area contributed by atoms with Gasteiger partial charge < -0.3 is 19.5 Å². The number of amides is 1. The molecular weight excluding hydrogens is 253 g/mol. The van der Waals surface area contributed by atoms with E-state index in [1.165, 1.54) is 31.3 Å². The normalized spacial score (nSPS) is 10.3. The molecule has 1 amide bonds. The van der Waals surface area contributed by atoms with Crippen molar-refractivity contribution in [1.82, 2.24) is 4.90 Å². The molecule has 0 saturated heterocycles. The highest BCUT2D eigenvalue weighted by Crippen LogP contribution is 2.17. The van der Waals surface area contributed by atoms with Crippen LogP contribution in [0.1, 0.15) is 10.4 Å². The molecule has 0 heterocycles. The summed E-state index contributed by atoms with van der Waals surface area (Å²) >= 11 is 0. The molecular formula is C13H18FNO4. The number of ether oxygens (including phenoxy) is 2. The second kappa shape index (κ2) is 7.70. The van der Waals surface area contributed by atoms with Crippen molar-refractivity contribution in [2.24, 2.45) is 0 Å². The topological polar surface area (TPSA) is 59.0 Å². The first kappa shape index (κ1) is 15.4. The highest BCUT2D eigenvalue weighted by molar-refractivity contribution is 5.94. The molecule has 0 spiro atoms. The molecule has 1 aromatic rings. The zero-order chi connectivity index (χ0) is 14.3. The molecule has 0 bridgehead atoms. The molecule has 106 valence electrons. The first-order chi connectivity index (χ1) is 9.13. The Bertz CT molecular complexity index is 425. The van der Waals surface area contributed by atoms with Gasteiger partial charge in [0.1, 0.15) is 11.6 Å². The van der Waals surface area contributed by atoms with Crippen molar-refractivity contribution in [2.75, 3.05) is 40.5 Å². The van der Waals surface area contributed by atoms with Crippen LogP contribution in [0.4, 0.5) is 4.39 Å². The summed E-state index contributed by atoms with van der Waals surface area (Å²) in [5, 5.41) is 8.93. The number of aliphatic hydroxyl groups excluding tert-OH is 1. The van der Waals surface area contributed by atoms with Gasteiger partial charge in [-0.15, -0.1) is 0 Å². The second-order valence-electron chi connectivity index (χ2n) is 3.85. The van der Waals surface area contributed by atoms with Crippen LogP contribution in [0.15, 0.2) is 18.2 Å². The van der Waals surface area contributed by atoms with Crippen LogP contribution in [-0.2, 0) is 4.74 Å². The van der Waals surface area contributed by atoms with E-state index in [4.69, 9.17) is 14.6 Å². The van der Waals surface area contributed by atoms with Crippen LogP contribution < -0.4 is 4.74 Å². The Morgan fingerprint density at radius 2 is 2.11 bits per heavy atom. The average Bonchev–Trinajstić information content (AvgIpc) is 2.42.